The maximum Gasteiger partial charge on any atom is 0.316 e. The molecule has 0 aliphatic heterocycles. The smallest absolute Gasteiger partial charge is 0.316 e. The summed E-state index contributed by atoms with van der Waals surface area (Å²) in [6, 6.07) is 4.02. The summed E-state index contributed by atoms with van der Waals surface area (Å²) in [4.78, 5) is 25.1. The first-order chi connectivity index (χ1) is 11.5. The molecule has 1 aromatic heterocycles. The average molecular weight is 390 g/mol. The Morgan fingerprint density at radius 2 is 2.04 bits per heavy atom. The molecule has 1 aliphatic carbocycles. The number of thioether (sulfide) groups is 1. The van der Waals surface area contributed by atoms with E-state index in [-0.39, 0.29) is 23.7 Å². The summed E-state index contributed by atoms with van der Waals surface area (Å²) in [5.41, 5.74) is 0. The molecule has 0 spiro atoms. The maximum absolute atomic E-state index is 12.1. The number of carbonyl (C=O) groups excluding carboxylic acids is 2. The molecule has 4 nitrogen and oxygen atoms in total. The highest BCUT2D eigenvalue weighted by molar-refractivity contribution is 7.99. The number of nitrogens with one attached hydrogen (secondary N) is 1. The number of rotatable bonds is 7. The highest BCUT2D eigenvalue weighted by Gasteiger charge is 2.21. The van der Waals surface area contributed by atoms with Gasteiger partial charge in [-0.25, -0.2) is 0 Å². The van der Waals surface area contributed by atoms with Crippen LogP contribution in [0, 0.1) is 0 Å². The first-order valence-electron chi connectivity index (χ1n) is 8.36. The van der Waals surface area contributed by atoms with Crippen molar-refractivity contribution in [3.63, 3.8) is 0 Å². The molecule has 1 atom stereocenters. The van der Waals surface area contributed by atoms with Crippen LogP contribution < -0.4 is 5.32 Å². The fourth-order valence-corrected chi connectivity index (χ4v) is 4.69. The van der Waals surface area contributed by atoms with Crippen molar-refractivity contribution < 1.29 is 14.3 Å². The van der Waals surface area contributed by atoms with Crippen molar-refractivity contribution in [1.29, 1.82) is 0 Å². The fraction of sp³-hybridized carbons (Fsp3) is 0.647. The molecular weight excluding hydrogens is 366 g/mol. The molecule has 24 heavy (non-hydrogen) atoms. The molecule has 0 saturated heterocycles. The highest BCUT2D eigenvalue weighted by Crippen LogP contribution is 2.25. The maximum atomic E-state index is 12.1. The third-order valence-corrected chi connectivity index (χ3v) is 6.34. The monoisotopic (exact) mass is 389 g/mol. The van der Waals surface area contributed by atoms with Gasteiger partial charge in [-0.05, 0) is 31.9 Å². The van der Waals surface area contributed by atoms with Gasteiger partial charge in [0.15, 0.2) is 6.10 Å². The van der Waals surface area contributed by atoms with E-state index in [1.807, 2.05) is 12.1 Å². The third-order valence-electron chi connectivity index (χ3n) is 3.97. The lowest BCUT2D eigenvalue weighted by atomic mass is 10.1. The number of halogens is 1. The van der Waals surface area contributed by atoms with Crippen molar-refractivity contribution in [2.45, 2.75) is 63.3 Å². The Bertz CT molecular complexity index is 542. The second-order valence-electron chi connectivity index (χ2n) is 6.03. The second kappa shape index (κ2) is 10.3. The van der Waals surface area contributed by atoms with Crippen molar-refractivity contribution in [1.82, 2.24) is 5.32 Å². The van der Waals surface area contributed by atoms with Crippen molar-refractivity contribution >= 4 is 46.6 Å². The van der Waals surface area contributed by atoms with Gasteiger partial charge < -0.3 is 10.1 Å². The van der Waals surface area contributed by atoms with Crippen LogP contribution in [0.25, 0.3) is 0 Å². The summed E-state index contributed by atoms with van der Waals surface area (Å²) < 4.78 is 5.98. The van der Waals surface area contributed by atoms with Crippen molar-refractivity contribution in [2.75, 3.05) is 5.75 Å². The minimum absolute atomic E-state index is 0.190. The van der Waals surface area contributed by atoms with Gasteiger partial charge >= 0.3 is 5.97 Å². The van der Waals surface area contributed by atoms with Gasteiger partial charge in [0.2, 0.25) is 0 Å². The lowest BCUT2D eigenvalue weighted by Gasteiger charge is -2.19. The largest absolute Gasteiger partial charge is 0.452 e. The van der Waals surface area contributed by atoms with E-state index in [1.54, 1.807) is 6.92 Å². The molecule has 1 N–H and O–H groups in total. The Labute approximate surface area is 156 Å². The van der Waals surface area contributed by atoms with Crippen LogP contribution >= 0.6 is 34.7 Å². The standard InChI is InChI=1S/C17H24ClNO3S2/c1-12(17(21)19-13-6-4-2-3-5-7-13)22-16(20)11-23-10-14-8-9-15(18)24-14/h8-9,12-13H,2-7,10-11H2,1H3,(H,19,21)/t12-/m0/s1. The van der Waals surface area contributed by atoms with E-state index in [0.717, 1.165) is 40.6 Å². The van der Waals surface area contributed by atoms with Crippen LogP contribution in [0.15, 0.2) is 12.1 Å². The zero-order valence-electron chi connectivity index (χ0n) is 13.9. The number of esters is 1. The normalized spacial score (nSPS) is 17.1. The van der Waals surface area contributed by atoms with Crippen molar-refractivity contribution in [2.24, 2.45) is 0 Å². The highest BCUT2D eigenvalue weighted by atomic mass is 35.5. The van der Waals surface area contributed by atoms with Crippen LogP contribution in [0.3, 0.4) is 0 Å². The van der Waals surface area contributed by atoms with Crippen LogP contribution in [-0.2, 0) is 20.1 Å². The summed E-state index contributed by atoms with van der Waals surface area (Å²) in [6.45, 7) is 1.63. The molecule has 1 fully saturated rings. The zero-order valence-corrected chi connectivity index (χ0v) is 16.3. The summed E-state index contributed by atoms with van der Waals surface area (Å²) >= 11 is 8.84. The molecule has 1 aliphatic rings. The number of hydrogen-bond donors (Lipinski definition) is 1. The molecule has 134 valence electrons. The van der Waals surface area contributed by atoms with E-state index < -0.39 is 6.10 Å². The average Bonchev–Trinajstić information content (AvgIpc) is 2.79. The summed E-state index contributed by atoms with van der Waals surface area (Å²) in [7, 11) is 0. The molecule has 2 rings (SSSR count). The topological polar surface area (TPSA) is 55.4 Å². The van der Waals surface area contributed by atoms with Crippen molar-refractivity contribution in [3.8, 4) is 0 Å². The molecule has 1 heterocycles. The molecule has 1 aromatic rings. The quantitative estimate of drug-likeness (QED) is 0.554. The van der Waals surface area contributed by atoms with Gasteiger partial charge in [0.1, 0.15) is 0 Å². The van der Waals surface area contributed by atoms with E-state index in [1.165, 1.54) is 35.9 Å². The predicted octanol–water partition coefficient (Wildman–Crippen LogP) is 4.41. The molecule has 1 saturated carbocycles. The van der Waals surface area contributed by atoms with E-state index >= 15 is 0 Å². The Kier molecular flexibility index (Phi) is 8.42. The van der Waals surface area contributed by atoms with Gasteiger partial charge in [-0.1, -0.05) is 37.3 Å². The lowest BCUT2D eigenvalue weighted by molar-refractivity contribution is -0.152. The number of carbonyl (C=O) groups is 2. The van der Waals surface area contributed by atoms with Gasteiger partial charge in [0.25, 0.3) is 5.91 Å². The third kappa shape index (κ3) is 7.03. The lowest BCUT2D eigenvalue weighted by Crippen LogP contribution is -2.42. The number of hydrogen-bond acceptors (Lipinski definition) is 5. The molecular formula is C17H24ClNO3S2. The fourth-order valence-electron chi connectivity index (χ4n) is 2.69. The summed E-state index contributed by atoms with van der Waals surface area (Å²) in [5, 5.41) is 3.01. The van der Waals surface area contributed by atoms with Crippen LogP contribution in [0.5, 0.6) is 0 Å². The molecule has 0 aromatic carbocycles. The Morgan fingerprint density at radius 1 is 1.33 bits per heavy atom. The minimum atomic E-state index is -0.738. The number of ether oxygens (including phenoxy) is 1. The summed E-state index contributed by atoms with van der Waals surface area (Å²) in [5.74, 6) is 0.405. The molecule has 7 heteroatoms. The second-order valence-corrected chi connectivity index (χ2v) is 8.81. The minimum Gasteiger partial charge on any atom is -0.452 e. The van der Waals surface area contributed by atoms with Gasteiger partial charge in [0, 0.05) is 16.7 Å². The number of thiophene rings is 1. The Morgan fingerprint density at radius 3 is 2.67 bits per heavy atom. The molecule has 0 radical (unpaired) electrons. The van der Waals surface area contributed by atoms with Crippen molar-refractivity contribution in [3.05, 3.63) is 21.3 Å². The van der Waals surface area contributed by atoms with Crippen LogP contribution in [0.2, 0.25) is 4.34 Å². The number of amides is 1. The molecule has 0 bridgehead atoms. The van der Waals surface area contributed by atoms with Crippen LogP contribution in [0.1, 0.15) is 50.3 Å². The zero-order chi connectivity index (χ0) is 17.4. The first-order valence-corrected chi connectivity index (χ1v) is 10.7. The summed E-state index contributed by atoms with van der Waals surface area (Å²) in [6.07, 6.45) is 6.09. The predicted molar refractivity (Wildman–Crippen MR) is 101 cm³/mol. The molecule has 1 amide bonds. The Balaban J connectivity index is 1.65. The van der Waals surface area contributed by atoms with E-state index in [9.17, 15) is 9.59 Å². The van der Waals surface area contributed by atoms with E-state index in [2.05, 4.69) is 5.32 Å². The van der Waals surface area contributed by atoms with Gasteiger partial charge in [-0.15, -0.1) is 23.1 Å². The van der Waals surface area contributed by atoms with Gasteiger partial charge in [-0.3, -0.25) is 9.59 Å². The van der Waals surface area contributed by atoms with Gasteiger partial charge in [0.05, 0.1) is 10.1 Å². The van der Waals surface area contributed by atoms with Crippen LogP contribution in [0.4, 0.5) is 0 Å². The first kappa shape index (κ1) is 19.6. The molecule has 0 unspecified atom stereocenters. The Hall–Kier alpha value is -0.720. The SMILES string of the molecule is C[C@H](OC(=O)CSCc1ccc(Cl)s1)C(=O)NC1CCCCCC1. The van der Waals surface area contributed by atoms with E-state index in [4.69, 9.17) is 16.3 Å². The van der Waals surface area contributed by atoms with E-state index in [0.29, 0.717) is 0 Å². The van der Waals surface area contributed by atoms with Crippen LogP contribution in [-0.4, -0.2) is 29.8 Å². The van der Waals surface area contributed by atoms with Gasteiger partial charge in [-0.2, -0.15) is 0 Å².